The molecule has 0 aliphatic heterocycles. The van der Waals surface area contributed by atoms with Gasteiger partial charge in [0, 0.05) is 12.8 Å². The van der Waals surface area contributed by atoms with Crippen molar-refractivity contribution in [2.24, 2.45) is 9.81 Å². The minimum absolute atomic E-state index is 0.315. The fourth-order valence-electron chi connectivity index (χ4n) is 2.32. The van der Waals surface area contributed by atoms with Crippen LogP contribution in [-0.2, 0) is 0 Å². The molecular formula is C22H36B2N2. The summed E-state index contributed by atoms with van der Waals surface area (Å²) >= 11 is 0. The van der Waals surface area contributed by atoms with Crippen molar-refractivity contribution in [3.8, 4) is 0 Å². The van der Waals surface area contributed by atoms with Gasteiger partial charge in [-0.05, 0) is 50.6 Å². The largest absolute Gasteiger partial charge is 0.349 e. The second-order valence-corrected chi connectivity index (χ2v) is 6.12. The minimum Gasteiger partial charge on any atom is -0.349 e. The molecule has 0 saturated carbocycles. The van der Waals surface area contributed by atoms with E-state index in [9.17, 15) is 0 Å². The lowest BCUT2D eigenvalue weighted by Crippen LogP contribution is -2.09. The van der Waals surface area contributed by atoms with E-state index >= 15 is 0 Å². The monoisotopic (exact) mass is 350 g/mol. The van der Waals surface area contributed by atoms with E-state index in [-0.39, 0.29) is 0 Å². The van der Waals surface area contributed by atoms with Gasteiger partial charge < -0.3 is 9.81 Å². The van der Waals surface area contributed by atoms with Crippen molar-refractivity contribution >= 4 is 25.1 Å². The smallest absolute Gasteiger partial charge is 0.286 e. The maximum atomic E-state index is 4.55. The molecule has 0 N–H and O–H groups in total. The summed E-state index contributed by atoms with van der Waals surface area (Å²) in [5.41, 5.74) is 2.26. The van der Waals surface area contributed by atoms with Crippen molar-refractivity contribution in [3.05, 3.63) is 75.9 Å². The summed E-state index contributed by atoms with van der Waals surface area (Å²) < 4.78 is 0. The molecule has 0 aliphatic rings. The molecule has 2 nitrogen and oxygen atoms in total. The molecular weight excluding hydrogens is 314 g/mol. The maximum Gasteiger partial charge on any atom is 0.286 e. The Kier molecular flexibility index (Phi) is 19.3. The first-order valence-electron chi connectivity index (χ1n) is 9.20. The third kappa shape index (κ3) is 16.8. The lowest BCUT2D eigenvalue weighted by molar-refractivity contribution is 1.39. The average molecular weight is 350 g/mol. The molecule has 0 aromatic rings. The summed E-state index contributed by atoms with van der Waals surface area (Å²) in [6.45, 7) is 26.9. The zero-order valence-corrected chi connectivity index (χ0v) is 17.0. The number of nitrogens with zero attached hydrogens (tertiary/aromatic N) is 2. The SMILES string of the molecule is C=CCB(CC=C)/N=C(/C)CC=C.C=CCB(CC=C)/N=C(/C)CC=C. The van der Waals surface area contributed by atoms with Crippen molar-refractivity contribution in [1.82, 2.24) is 0 Å². The van der Waals surface area contributed by atoms with Crippen LogP contribution in [0.5, 0.6) is 0 Å². The van der Waals surface area contributed by atoms with Crippen LogP contribution in [0, 0.1) is 0 Å². The normalized spacial score (nSPS) is 10.7. The quantitative estimate of drug-likeness (QED) is 0.188. The van der Waals surface area contributed by atoms with Crippen LogP contribution in [-0.4, -0.2) is 25.1 Å². The Morgan fingerprint density at radius 1 is 0.577 bits per heavy atom. The Labute approximate surface area is 163 Å². The molecule has 0 amide bonds. The summed E-state index contributed by atoms with van der Waals surface area (Å²) in [5, 5.41) is 0. The molecule has 0 fully saturated rings. The Morgan fingerprint density at radius 2 is 0.846 bits per heavy atom. The third-order valence-corrected chi connectivity index (χ3v) is 3.44. The van der Waals surface area contributed by atoms with Gasteiger partial charge >= 0.3 is 0 Å². The maximum absolute atomic E-state index is 4.55. The molecule has 0 aliphatic carbocycles. The molecule has 0 unspecified atom stereocenters. The fraction of sp³-hybridized carbons (Fsp3) is 0.364. The van der Waals surface area contributed by atoms with Gasteiger partial charge in [0.15, 0.2) is 0 Å². The molecule has 0 spiro atoms. The van der Waals surface area contributed by atoms with E-state index in [2.05, 4.69) is 49.3 Å². The molecule has 4 heteroatoms. The Bertz CT molecular complexity index is 438. The number of hydrogen-bond donors (Lipinski definition) is 0. The van der Waals surface area contributed by atoms with Gasteiger partial charge in [0.05, 0.1) is 0 Å². The number of hydrogen-bond acceptors (Lipinski definition) is 2. The first-order chi connectivity index (χ1) is 12.5. The summed E-state index contributed by atoms with van der Waals surface area (Å²) in [4.78, 5) is 9.10. The van der Waals surface area contributed by atoms with Crippen molar-refractivity contribution in [2.75, 3.05) is 0 Å². The Morgan fingerprint density at radius 3 is 1.04 bits per heavy atom. The van der Waals surface area contributed by atoms with Gasteiger partial charge in [-0.1, -0.05) is 36.5 Å². The molecule has 0 aromatic carbocycles. The summed E-state index contributed by atoms with van der Waals surface area (Å²) in [7, 11) is 0. The average Bonchev–Trinajstić information content (AvgIpc) is 2.57. The highest BCUT2D eigenvalue weighted by atomic mass is 14.6. The first kappa shape index (κ1) is 26.1. The van der Waals surface area contributed by atoms with E-state index in [0.717, 1.165) is 49.5 Å². The fourth-order valence-corrected chi connectivity index (χ4v) is 2.32. The van der Waals surface area contributed by atoms with Crippen LogP contribution in [0.4, 0.5) is 0 Å². The summed E-state index contributed by atoms with van der Waals surface area (Å²) in [6.07, 6.45) is 16.8. The lowest BCUT2D eigenvalue weighted by Gasteiger charge is -2.04. The second kappa shape index (κ2) is 19.2. The van der Waals surface area contributed by atoms with Gasteiger partial charge in [-0.15, -0.1) is 39.5 Å². The lowest BCUT2D eigenvalue weighted by atomic mass is 9.57. The van der Waals surface area contributed by atoms with E-state index in [1.165, 1.54) is 0 Å². The van der Waals surface area contributed by atoms with Crippen LogP contribution < -0.4 is 0 Å². The highest BCUT2D eigenvalue weighted by Gasteiger charge is 2.09. The van der Waals surface area contributed by atoms with Gasteiger partial charge in [-0.2, -0.15) is 0 Å². The third-order valence-electron chi connectivity index (χ3n) is 3.44. The molecule has 0 saturated heterocycles. The van der Waals surface area contributed by atoms with E-state index in [4.69, 9.17) is 0 Å². The molecule has 0 aromatic heterocycles. The molecule has 0 heterocycles. The van der Waals surface area contributed by atoms with Crippen LogP contribution >= 0.6 is 0 Å². The molecule has 0 rings (SSSR count). The van der Waals surface area contributed by atoms with E-state index in [0.29, 0.717) is 13.7 Å². The van der Waals surface area contributed by atoms with Gasteiger partial charge in [0.1, 0.15) is 0 Å². The predicted octanol–water partition coefficient (Wildman–Crippen LogP) is 6.77. The first-order valence-corrected chi connectivity index (χ1v) is 9.20. The minimum atomic E-state index is 0.315. The number of rotatable bonds is 14. The highest BCUT2D eigenvalue weighted by Crippen LogP contribution is 2.05. The van der Waals surface area contributed by atoms with Crippen LogP contribution in [0.3, 0.4) is 0 Å². The van der Waals surface area contributed by atoms with Gasteiger partial charge in [-0.25, -0.2) is 0 Å². The molecule has 0 radical (unpaired) electrons. The van der Waals surface area contributed by atoms with Gasteiger partial charge in [0.2, 0.25) is 0 Å². The van der Waals surface area contributed by atoms with Gasteiger partial charge in [0.25, 0.3) is 13.7 Å². The van der Waals surface area contributed by atoms with Crippen molar-refractivity contribution in [1.29, 1.82) is 0 Å². The van der Waals surface area contributed by atoms with E-state index in [1.54, 1.807) is 0 Å². The second-order valence-electron chi connectivity index (χ2n) is 6.12. The highest BCUT2D eigenvalue weighted by molar-refractivity contribution is 6.59. The van der Waals surface area contributed by atoms with Crippen LogP contribution in [0.2, 0.25) is 25.3 Å². The molecule has 0 bridgehead atoms. The van der Waals surface area contributed by atoms with E-state index in [1.807, 2.05) is 50.3 Å². The number of allylic oxidation sites excluding steroid dienone is 6. The molecule has 0 atom stereocenters. The Balaban J connectivity index is 0. The zero-order chi connectivity index (χ0) is 20.2. The van der Waals surface area contributed by atoms with Crippen LogP contribution in [0.25, 0.3) is 0 Å². The van der Waals surface area contributed by atoms with Crippen molar-refractivity contribution < 1.29 is 0 Å². The Hall–Kier alpha value is -2.09. The standard InChI is InChI=1S/2C11H18BN/c2*1-5-8-11(4)13-12(9-6-2)10-7-3/h2*5-7H,1-3,8-10H2,4H3/b2*13-11-. The van der Waals surface area contributed by atoms with Crippen LogP contribution in [0.15, 0.2) is 85.7 Å². The predicted molar refractivity (Wildman–Crippen MR) is 127 cm³/mol. The summed E-state index contributed by atoms with van der Waals surface area (Å²) in [6, 6.07) is 0. The molecule has 26 heavy (non-hydrogen) atoms. The zero-order valence-electron chi connectivity index (χ0n) is 17.0. The van der Waals surface area contributed by atoms with Crippen molar-refractivity contribution in [2.45, 2.75) is 52.0 Å². The summed E-state index contributed by atoms with van der Waals surface area (Å²) in [5.74, 6) is 0. The van der Waals surface area contributed by atoms with E-state index < -0.39 is 0 Å². The van der Waals surface area contributed by atoms with Crippen molar-refractivity contribution in [3.63, 3.8) is 0 Å². The van der Waals surface area contributed by atoms with Crippen LogP contribution in [0.1, 0.15) is 26.7 Å². The molecule has 140 valence electrons. The van der Waals surface area contributed by atoms with Gasteiger partial charge in [-0.3, -0.25) is 0 Å². The topological polar surface area (TPSA) is 24.7 Å².